The van der Waals surface area contributed by atoms with Gasteiger partial charge >= 0.3 is 0 Å². The lowest BCUT2D eigenvalue weighted by Crippen LogP contribution is -2.35. The van der Waals surface area contributed by atoms with Crippen molar-refractivity contribution in [2.24, 2.45) is 10.9 Å². The lowest BCUT2D eigenvalue weighted by atomic mass is 10.1. The molecule has 0 amide bonds. The number of hydrogen-bond donors (Lipinski definition) is 1. The maximum atomic E-state index is 4.65. The van der Waals surface area contributed by atoms with Crippen LogP contribution in [0.15, 0.2) is 47.6 Å². The molecule has 0 aromatic heterocycles. The van der Waals surface area contributed by atoms with Gasteiger partial charge in [0.1, 0.15) is 12.5 Å². The van der Waals surface area contributed by atoms with Crippen molar-refractivity contribution in [2.75, 3.05) is 6.67 Å². The fourth-order valence-electron chi connectivity index (χ4n) is 2.68. The van der Waals surface area contributed by atoms with Crippen LogP contribution in [0, 0.1) is 5.92 Å². The Bertz CT molecular complexity index is 502. The highest BCUT2D eigenvalue weighted by atomic mass is 15.2. The van der Waals surface area contributed by atoms with Crippen LogP contribution in [0.3, 0.4) is 0 Å². The molecule has 1 aliphatic carbocycles. The van der Waals surface area contributed by atoms with Gasteiger partial charge in [-0.3, -0.25) is 0 Å². The molecule has 3 heteroatoms. The van der Waals surface area contributed by atoms with Crippen molar-refractivity contribution in [3.63, 3.8) is 0 Å². The fraction of sp³-hybridized carbons (Fsp3) is 0.471. The van der Waals surface area contributed by atoms with Gasteiger partial charge in [-0.2, -0.15) is 0 Å². The van der Waals surface area contributed by atoms with E-state index in [1.165, 1.54) is 18.4 Å². The van der Waals surface area contributed by atoms with Gasteiger partial charge in [-0.25, -0.2) is 4.99 Å². The summed E-state index contributed by atoms with van der Waals surface area (Å²) in [5.74, 6) is 1.87. The van der Waals surface area contributed by atoms with E-state index in [1.54, 1.807) is 0 Å². The number of benzene rings is 1. The average Bonchev–Trinajstić information content (AvgIpc) is 3.33. The molecule has 2 aliphatic rings. The van der Waals surface area contributed by atoms with Gasteiger partial charge in [0.2, 0.25) is 0 Å². The predicted molar refractivity (Wildman–Crippen MR) is 83.5 cm³/mol. The summed E-state index contributed by atoms with van der Waals surface area (Å²) in [5.41, 5.74) is 1.29. The number of nitrogens with zero attached hydrogens (tertiary/aromatic N) is 2. The predicted octanol–water partition coefficient (Wildman–Crippen LogP) is 3.32. The summed E-state index contributed by atoms with van der Waals surface area (Å²) in [7, 11) is 0. The Morgan fingerprint density at radius 3 is 2.55 bits per heavy atom. The molecule has 3 rings (SSSR count). The Kier molecular flexibility index (Phi) is 3.77. The van der Waals surface area contributed by atoms with E-state index in [2.05, 4.69) is 65.6 Å². The first kappa shape index (κ1) is 13.2. The molecule has 1 saturated carbocycles. The minimum absolute atomic E-state index is 0.284. The van der Waals surface area contributed by atoms with E-state index in [0.717, 1.165) is 18.4 Å². The van der Waals surface area contributed by atoms with Crippen LogP contribution >= 0.6 is 0 Å². The van der Waals surface area contributed by atoms with Crippen molar-refractivity contribution < 1.29 is 0 Å². The van der Waals surface area contributed by atoms with Crippen LogP contribution in [-0.4, -0.2) is 23.4 Å². The highest BCUT2D eigenvalue weighted by Gasteiger charge is 2.31. The second-order valence-corrected chi connectivity index (χ2v) is 5.87. The van der Waals surface area contributed by atoms with Gasteiger partial charge in [-0.15, -0.1) is 0 Å². The third-order valence-electron chi connectivity index (χ3n) is 4.32. The second-order valence-electron chi connectivity index (χ2n) is 5.87. The number of hydrogen-bond acceptors (Lipinski definition) is 3. The highest BCUT2D eigenvalue weighted by molar-refractivity contribution is 5.93. The zero-order valence-electron chi connectivity index (χ0n) is 12.3. The Morgan fingerprint density at radius 1 is 1.20 bits per heavy atom. The van der Waals surface area contributed by atoms with Gasteiger partial charge < -0.3 is 10.2 Å². The van der Waals surface area contributed by atoms with Gasteiger partial charge in [-0.05, 0) is 44.2 Å². The summed E-state index contributed by atoms with van der Waals surface area (Å²) in [6.45, 7) is 5.26. The molecule has 1 N–H and O–H groups in total. The number of aliphatic imine (C=N–C) groups is 1. The molecule has 20 heavy (non-hydrogen) atoms. The van der Waals surface area contributed by atoms with E-state index >= 15 is 0 Å². The average molecular weight is 269 g/mol. The Morgan fingerprint density at radius 2 is 1.95 bits per heavy atom. The molecule has 1 aromatic rings. The van der Waals surface area contributed by atoms with Gasteiger partial charge in [0.25, 0.3) is 0 Å². The number of amidine groups is 1. The van der Waals surface area contributed by atoms with Crippen molar-refractivity contribution in [3.05, 3.63) is 48.2 Å². The molecular weight excluding hydrogens is 246 g/mol. The molecule has 1 fully saturated rings. The first-order chi connectivity index (χ1) is 9.74. The van der Waals surface area contributed by atoms with Crippen LogP contribution in [0.1, 0.15) is 38.3 Å². The topological polar surface area (TPSA) is 27.6 Å². The van der Waals surface area contributed by atoms with Crippen LogP contribution in [0.4, 0.5) is 0 Å². The lowest BCUT2D eigenvalue weighted by Gasteiger charge is -2.29. The van der Waals surface area contributed by atoms with Gasteiger partial charge in [0.05, 0.1) is 0 Å². The molecular formula is C17H23N3. The van der Waals surface area contributed by atoms with Gasteiger partial charge in [-0.1, -0.05) is 30.3 Å². The smallest absolute Gasteiger partial charge is 0.124 e. The van der Waals surface area contributed by atoms with Crippen molar-refractivity contribution in [1.82, 2.24) is 10.2 Å². The van der Waals surface area contributed by atoms with E-state index in [0.29, 0.717) is 6.04 Å². The Balaban J connectivity index is 1.56. The molecule has 0 spiro atoms. The lowest BCUT2D eigenvalue weighted by molar-refractivity contribution is 0.272. The van der Waals surface area contributed by atoms with Crippen LogP contribution in [0.25, 0.3) is 0 Å². The highest BCUT2D eigenvalue weighted by Crippen LogP contribution is 2.35. The van der Waals surface area contributed by atoms with Crippen molar-refractivity contribution >= 4 is 5.84 Å². The normalized spacial score (nSPS) is 21.3. The molecule has 1 heterocycles. The summed E-state index contributed by atoms with van der Waals surface area (Å²) in [6, 6.07) is 11.4. The van der Waals surface area contributed by atoms with Gasteiger partial charge in [0, 0.05) is 18.3 Å². The van der Waals surface area contributed by atoms with E-state index < -0.39 is 0 Å². The molecule has 0 saturated heterocycles. The fourth-order valence-corrected chi connectivity index (χ4v) is 2.68. The molecule has 0 radical (unpaired) electrons. The van der Waals surface area contributed by atoms with E-state index in [4.69, 9.17) is 0 Å². The molecule has 3 nitrogen and oxygen atoms in total. The van der Waals surface area contributed by atoms with E-state index in [1.807, 2.05) is 6.07 Å². The summed E-state index contributed by atoms with van der Waals surface area (Å²) < 4.78 is 0. The van der Waals surface area contributed by atoms with Crippen molar-refractivity contribution in [2.45, 2.75) is 38.8 Å². The summed E-state index contributed by atoms with van der Waals surface area (Å²) in [6.07, 6.45) is 7.05. The van der Waals surface area contributed by atoms with E-state index in [-0.39, 0.29) is 6.04 Å². The molecule has 106 valence electrons. The number of nitrogens with one attached hydrogen (secondary N) is 1. The standard InChI is InChI=1S/C17H23N3/c1-13(15-6-4-3-5-7-15)19-17-10-11-20(12-18-17)14(2)16-8-9-16/h3-7,10-11,13-14,16H,8-9,12H2,1-2H3,(H,18,19)/t13-,14+/m0/s1. The van der Waals surface area contributed by atoms with Crippen molar-refractivity contribution in [1.29, 1.82) is 0 Å². The Labute approximate surface area is 121 Å². The second kappa shape index (κ2) is 5.70. The zero-order chi connectivity index (χ0) is 13.9. The van der Waals surface area contributed by atoms with Crippen molar-refractivity contribution in [3.8, 4) is 0 Å². The van der Waals surface area contributed by atoms with E-state index in [9.17, 15) is 0 Å². The molecule has 1 aliphatic heterocycles. The first-order valence-electron chi connectivity index (χ1n) is 7.54. The monoisotopic (exact) mass is 269 g/mol. The minimum Gasteiger partial charge on any atom is -0.364 e. The SMILES string of the molecule is C[C@H](NC1=NCN([C@H](C)C2CC2)C=C1)c1ccccc1. The van der Waals surface area contributed by atoms with Crippen LogP contribution in [0.5, 0.6) is 0 Å². The summed E-state index contributed by atoms with van der Waals surface area (Å²) >= 11 is 0. The molecule has 2 atom stereocenters. The number of rotatable bonds is 4. The quantitative estimate of drug-likeness (QED) is 0.908. The van der Waals surface area contributed by atoms with Crippen LogP contribution in [-0.2, 0) is 0 Å². The maximum Gasteiger partial charge on any atom is 0.124 e. The largest absolute Gasteiger partial charge is 0.364 e. The van der Waals surface area contributed by atoms with Crippen LogP contribution < -0.4 is 5.32 Å². The maximum absolute atomic E-state index is 4.65. The van der Waals surface area contributed by atoms with Crippen LogP contribution in [0.2, 0.25) is 0 Å². The summed E-state index contributed by atoms with van der Waals surface area (Å²) in [5, 5.41) is 3.48. The third-order valence-corrected chi connectivity index (χ3v) is 4.32. The summed E-state index contributed by atoms with van der Waals surface area (Å²) in [4.78, 5) is 7.00. The molecule has 1 aromatic carbocycles. The Hall–Kier alpha value is -1.77. The first-order valence-corrected chi connectivity index (χ1v) is 7.54. The molecule has 0 unspecified atom stereocenters. The molecule has 0 bridgehead atoms. The zero-order valence-corrected chi connectivity index (χ0v) is 12.3. The minimum atomic E-state index is 0.284. The third kappa shape index (κ3) is 3.03. The van der Waals surface area contributed by atoms with Gasteiger partial charge in [0.15, 0.2) is 0 Å².